The molecule has 0 radical (unpaired) electrons. The fraction of sp³-hybridized carbons (Fsp3) is 0.583. The third-order valence-electron chi connectivity index (χ3n) is 3.51. The summed E-state index contributed by atoms with van der Waals surface area (Å²) in [6.45, 7) is 8.27. The molecule has 2 aliphatic rings. The van der Waals surface area contributed by atoms with Crippen molar-refractivity contribution in [3.63, 3.8) is 0 Å². The Labute approximate surface area is 79.5 Å². The van der Waals surface area contributed by atoms with Gasteiger partial charge in [-0.05, 0) is 19.4 Å². The Kier molecular flexibility index (Phi) is 1.57. The number of ketones is 1. The average molecular weight is 176 g/mol. The Morgan fingerprint density at radius 2 is 2.00 bits per heavy atom. The van der Waals surface area contributed by atoms with Crippen LogP contribution in [0.15, 0.2) is 23.3 Å². The molecular formula is C12H16O. The van der Waals surface area contributed by atoms with Crippen molar-refractivity contribution in [3.05, 3.63) is 23.3 Å². The summed E-state index contributed by atoms with van der Waals surface area (Å²) in [5.74, 6) is 1.07. The highest BCUT2D eigenvalue weighted by Gasteiger charge is 2.57. The molecule has 0 aromatic rings. The first-order valence-electron chi connectivity index (χ1n) is 4.86. The van der Waals surface area contributed by atoms with Gasteiger partial charge in [0.2, 0.25) is 0 Å². The third-order valence-corrected chi connectivity index (χ3v) is 3.51. The van der Waals surface area contributed by atoms with E-state index in [9.17, 15) is 4.79 Å². The van der Waals surface area contributed by atoms with Gasteiger partial charge in [0.25, 0.3) is 0 Å². The van der Waals surface area contributed by atoms with Crippen LogP contribution >= 0.6 is 0 Å². The van der Waals surface area contributed by atoms with Crippen LogP contribution in [-0.4, -0.2) is 5.78 Å². The van der Waals surface area contributed by atoms with Gasteiger partial charge in [0.1, 0.15) is 5.78 Å². The van der Waals surface area contributed by atoms with Crippen molar-refractivity contribution in [3.8, 4) is 0 Å². The number of fused-ring (bicyclic) bond motifs is 1. The summed E-state index contributed by atoms with van der Waals surface area (Å²) in [6, 6.07) is 0. The van der Waals surface area contributed by atoms with Crippen molar-refractivity contribution < 1.29 is 4.79 Å². The molecule has 0 aromatic heterocycles. The van der Waals surface area contributed by atoms with Gasteiger partial charge in [-0.2, -0.15) is 0 Å². The molecule has 2 aliphatic carbocycles. The number of hydrogen-bond donors (Lipinski definition) is 0. The van der Waals surface area contributed by atoms with E-state index in [-0.39, 0.29) is 11.3 Å². The molecule has 13 heavy (non-hydrogen) atoms. The first-order chi connectivity index (χ1) is 5.96. The van der Waals surface area contributed by atoms with E-state index in [0.29, 0.717) is 11.7 Å². The van der Waals surface area contributed by atoms with E-state index in [1.165, 1.54) is 11.1 Å². The number of rotatable bonds is 0. The van der Waals surface area contributed by atoms with Crippen LogP contribution in [-0.2, 0) is 4.79 Å². The number of allylic oxidation sites excluding steroid dienone is 4. The molecule has 0 spiro atoms. The summed E-state index contributed by atoms with van der Waals surface area (Å²) in [6.07, 6.45) is 4.34. The van der Waals surface area contributed by atoms with Crippen LogP contribution in [0.4, 0.5) is 0 Å². The average Bonchev–Trinajstić information content (AvgIpc) is 2.45. The maximum atomic E-state index is 11.8. The van der Waals surface area contributed by atoms with E-state index < -0.39 is 0 Å². The Balaban J connectivity index is 2.38. The van der Waals surface area contributed by atoms with Gasteiger partial charge in [0.15, 0.2) is 0 Å². The lowest BCUT2D eigenvalue weighted by Gasteiger charge is -2.46. The van der Waals surface area contributed by atoms with Crippen LogP contribution in [0.3, 0.4) is 0 Å². The van der Waals surface area contributed by atoms with Crippen molar-refractivity contribution in [2.45, 2.75) is 27.7 Å². The molecule has 0 aromatic carbocycles. The SMILES string of the molecule is CC(C)=C1C=CC2C1C(=O)C2(C)C. The molecule has 0 saturated heterocycles. The Bertz CT molecular complexity index is 327. The second-order valence-electron chi connectivity index (χ2n) is 4.90. The summed E-state index contributed by atoms with van der Waals surface area (Å²) < 4.78 is 0. The first kappa shape index (κ1) is 8.74. The lowest BCUT2D eigenvalue weighted by Crippen LogP contribution is -2.52. The van der Waals surface area contributed by atoms with Gasteiger partial charge < -0.3 is 0 Å². The highest BCUT2D eigenvalue weighted by molar-refractivity contribution is 5.98. The molecule has 0 aliphatic heterocycles. The van der Waals surface area contributed by atoms with Gasteiger partial charge in [-0.1, -0.05) is 31.6 Å². The Morgan fingerprint density at radius 3 is 2.54 bits per heavy atom. The summed E-state index contributed by atoms with van der Waals surface area (Å²) in [5, 5.41) is 0. The van der Waals surface area contributed by atoms with Gasteiger partial charge in [-0.3, -0.25) is 4.79 Å². The normalized spacial score (nSPS) is 34.5. The second kappa shape index (κ2) is 2.34. The predicted molar refractivity (Wildman–Crippen MR) is 53.3 cm³/mol. The molecule has 2 rings (SSSR count). The predicted octanol–water partition coefficient (Wildman–Crippen LogP) is 2.73. The number of carbonyl (C=O) groups excluding carboxylic acids is 1. The van der Waals surface area contributed by atoms with Crippen molar-refractivity contribution in [1.82, 2.24) is 0 Å². The third kappa shape index (κ3) is 0.903. The molecule has 1 fully saturated rings. The topological polar surface area (TPSA) is 17.1 Å². The first-order valence-corrected chi connectivity index (χ1v) is 4.86. The molecule has 1 nitrogen and oxygen atoms in total. The van der Waals surface area contributed by atoms with Crippen LogP contribution in [0, 0.1) is 17.3 Å². The molecule has 2 atom stereocenters. The standard InChI is InChI=1S/C12H16O/c1-7(2)8-5-6-9-10(8)11(13)12(9,3)4/h5-6,9-10H,1-4H3. The van der Waals surface area contributed by atoms with Gasteiger partial charge in [-0.25, -0.2) is 0 Å². The minimum atomic E-state index is -0.113. The molecule has 70 valence electrons. The van der Waals surface area contributed by atoms with Crippen molar-refractivity contribution in [1.29, 1.82) is 0 Å². The van der Waals surface area contributed by atoms with Crippen LogP contribution in [0.25, 0.3) is 0 Å². The smallest absolute Gasteiger partial charge is 0.147 e. The molecular weight excluding hydrogens is 160 g/mol. The van der Waals surface area contributed by atoms with Crippen LogP contribution in [0.5, 0.6) is 0 Å². The van der Waals surface area contributed by atoms with E-state index in [2.05, 4.69) is 39.8 Å². The zero-order chi connectivity index (χ0) is 9.80. The van der Waals surface area contributed by atoms with Crippen molar-refractivity contribution >= 4 is 5.78 Å². The highest BCUT2D eigenvalue weighted by atomic mass is 16.1. The zero-order valence-electron chi connectivity index (χ0n) is 8.72. The number of carbonyl (C=O) groups is 1. The van der Waals surface area contributed by atoms with Gasteiger partial charge in [-0.15, -0.1) is 0 Å². The summed E-state index contributed by atoms with van der Waals surface area (Å²) >= 11 is 0. The Morgan fingerprint density at radius 1 is 1.38 bits per heavy atom. The van der Waals surface area contributed by atoms with Gasteiger partial charge in [0, 0.05) is 11.3 Å². The molecule has 0 heterocycles. The summed E-state index contributed by atoms with van der Waals surface area (Å²) in [7, 11) is 0. The lowest BCUT2D eigenvalue weighted by atomic mass is 9.55. The molecule has 1 heteroatoms. The molecule has 0 N–H and O–H groups in total. The van der Waals surface area contributed by atoms with Crippen LogP contribution < -0.4 is 0 Å². The van der Waals surface area contributed by atoms with E-state index in [0.717, 1.165) is 0 Å². The van der Waals surface area contributed by atoms with Crippen molar-refractivity contribution in [2.24, 2.45) is 17.3 Å². The minimum Gasteiger partial charge on any atom is -0.298 e. The fourth-order valence-electron chi connectivity index (χ4n) is 2.52. The van der Waals surface area contributed by atoms with E-state index in [1.54, 1.807) is 0 Å². The van der Waals surface area contributed by atoms with Crippen molar-refractivity contribution in [2.75, 3.05) is 0 Å². The highest BCUT2D eigenvalue weighted by Crippen LogP contribution is 2.55. The second-order valence-corrected chi connectivity index (χ2v) is 4.90. The summed E-state index contributed by atoms with van der Waals surface area (Å²) in [5.41, 5.74) is 2.43. The summed E-state index contributed by atoms with van der Waals surface area (Å²) in [4.78, 5) is 11.8. The monoisotopic (exact) mass is 176 g/mol. The van der Waals surface area contributed by atoms with E-state index in [4.69, 9.17) is 0 Å². The van der Waals surface area contributed by atoms with Crippen LogP contribution in [0.2, 0.25) is 0 Å². The minimum absolute atomic E-state index is 0.113. The molecule has 0 amide bonds. The number of Topliss-reactive ketones (excluding diaryl/α,β-unsaturated/α-hetero) is 1. The van der Waals surface area contributed by atoms with Crippen LogP contribution in [0.1, 0.15) is 27.7 Å². The maximum Gasteiger partial charge on any atom is 0.147 e. The number of hydrogen-bond acceptors (Lipinski definition) is 1. The van der Waals surface area contributed by atoms with E-state index in [1.807, 2.05) is 0 Å². The fourth-order valence-corrected chi connectivity index (χ4v) is 2.52. The molecule has 2 unspecified atom stereocenters. The molecule has 1 saturated carbocycles. The maximum absolute atomic E-state index is 11.8. The van der Waals surface area contributed by atoms with Gasteiger partial charge in [0.05, 0.1) is 5.92 Å². The lowest BCUT2D eigenvalue weighted by molar-refractivity contribution is -0.145. The molecule has 0 bridgehead atoms. The quantitative estimate of drug-likeness (QED) is 0.554. The largest absolute Gasteiger partial charge is 0.298 e. The van der Waals surface area contributed by atoms with Gasteiger partial charge >= 0.3 is 0 Å². The Hall–Kier alpha value is -0.850. The zero-order valence-corrected chi connectivity index (χ0v) is 8.72. The van der Waals surface area contributed by atoms with E-state index >= 15 is 0 Å².